The molecule has 0 saturated carbocycles. The van der Waals surface area contributed by atoms with Gasteiger partial charge in [-0.05, 0) is 43.5 Å². The molecule has 0 radical (unpaired) electrons. The zero-order chi connectivity index (χ0) is 17.5. The minimum atomic E-state index is -1.04. The average Bonchev–Trinajstić information content (AvgIpc) is 2.57. The summed E-state index contributed by atoms with van der Waals surface area (Å²) in [5.74, 6) is 0.00167. The number of nitrogens with one attached hydrogen (secondary N) is 1. The van der Waals surface area contributed by atoms with Crippen molar-refractivity contribution in [3.8, 4) is 0 Å². The molecule has 0 aromatic heterocycles. The Kier molecular flexibility index (Phi) is 6.87. The van der Waals surface area contributed by atoms with E-state index in [1.807, 2.05) is 24.3 Å². The molecule has 0 aliphatic carbocycles. The highest BCUT2D eigenvalue weighted by atomic mass is 35.5. The van der Waals surface area contributed by atoms with Crippen LogP contribution in [0.25, 0.3) is 0 Å². The minimum absolute atomic E-state index is 0.105. The molecule has 0 spiro atoms. The Bertz CT molecular complexity index is 574. The second kappa shape index (κ2) is 8.89. The van der Waals surface area contributed by atoms with Crippen LogP contribution in [0.3, 0.4) is 0 Å². The standard InChI is InChI=1S/C17H24ClN3O3/c1-19-16(22)12-21(17(23)24)10-13-6-8-20(9-7-13)11-14-4-2-3-5-15(14)18/h2-5,13H,6-12H2,1H3,(H,19,22)(H,23,24). The molecular weight excluding hydrogens is 330 g/mol. The van der Waals surface area contributed by atoms with Gasteiger partial charge in [-0.25, -0.2) is 4.79 Å². The lowest BCUT2D eigenvalue weighted by Crippen LogP contribution is -2.44. The summed E-state index contributed by atoms with van der Waals surface area (Å²) < 4.78 is 0. The number of likely N-dealkylation sites (tertiary alicyclic amines) is 1. The third-order valence-electron chi connectivity index (χ3n) is 4.42. The number of piperidine rings is 1. The fourth-order valence-electron chi connectivity index (χ4n) is 2.97. The van der Waals surface area contributed by atoms with Gasteiger partial charge in [0.15, 0.2) is 0 Å². The molecule has 0 unspecified atom stereocenters. The lowest BCUT2D eigenvalue weighted by Gasteiger charge is -2.34. The van der Waals surface area contributed by atoms with Crippen LogP contribution in [0.5, 0.6) is 0 Å². The van der Waals surface area contributed by atoms with E-state index in [-0.39, 0.29) is 18.4 Å². The van der Waals surface area contributed by atoms with E-state index in [1.54, 1.807) is 0 Å². The van der Waals surface area contributed by atoms with Gasteiger partial charge in [-0.15, -0.1) is 0 Å². The molecule has 1 aromatic carbocycles. The van der Waals surface area contributed by atoms with E-state index in [4.69, 9.17) is 11.6 Å². The highest BCUT2D eigenvalue weighted by Crippen LogP contribution is 2.23. The number of rotatable bonds is 6. The van der Waals surface area contributed by atoms with Gasteiger partial charge in [0, 0.05) is 25.2 Å². The molecule has 1 aromatic rings. The molecule has 6 nitrogen and oxygen atoms in total. The Morgan fingerprint density at radius 3 is 2.58 bits per heavy atom. The van der Waals surface area contributed by atoms with Crippen LogP contribution in [0, 0.1) is 5.92 Å². The summed E-state index contributed by atoms with van der Waals surface area (Å²) in [6.07, 6.45) is 0.793. The maximum absolute atomic E-state index is 11.4. The van der Waals surface area contributed by atoms with Crippen molar-refractivity contribution in [1.82, 2.24) is 15.1 Å². The van der Waals surface area contributed by atoms with Crippen LogP contribution in [0.1, 0.15) is 18.4 Å². The molecule has 7 heteroatoms. The fourth-order valence-corrected chi connectivity index (χ4v) is 3.16. The van der Waals surface area contributed by atoms with Gasteiger partial charge in [0.25, 0.3) is 0 Å². The SMILES string of the molecule is CNC(=O)CN(CC1CCN(Cc2ccccc2Cl)CC1)C(=O)O. The van der Waals surface area contributed by atoms with Crippen LogP contribution in [0.2, 0.25) is 5.02 Å². The summed E-state index contributed by atoms with van der Waals surface area (Å²) in [6.45, 7) is 2.92. The zero-order valence-corrected chi connectivity index (χ0v) is 14.6. The summed E-state index contributed by atoms with van der Waals surface area (Å²) in [6, 6.07) is 7.83. The summed E-state index contributed by atoms with van der Waals surface area (Å²) in [7, 11) is 1.51. The smallest absolute Gasteiger partial charge is 0.407 e. The third-order valence-corrected chi connectivity index (χ3v) is 4.79. The van der Waals surface area contributed by atoms with E-state index < -0.39 is 6.09 Å². The van der Waals surface area contributed by atoms with Crippen molar-refractivity contribution < 1.29 is 14.7 Å². The number of hydrogen-bond donors (Lipinski definition) is 2. The number of halogens is 1. The molecule has 0 atom stereocenters. The Hall–Kier alpha value is -1.79. The van der Waals surface area contributed by atoms with Crippen molar-refractivity contribution in [3.63, 3.8) is 0 Å². The molecule has 1 aliphatic heterocycles. The van der Waals surface area contributed by atoms with Crippen LogP contribution in [0.4, 0.5) is 4.79 Å². The molecule has 2 amide bonds. The van der Waals surface area contributed by atoms with Gasteiger partial charge in [0.1, 0.15) is 6.54 Å². The van der Waals surface area contributed by atoms with Gasteiger partial charge in [0.2, 0.25) is 5.91 Å². The minimum Gasteiger partial charge on any atom is -0.465 e. The van der Waals surface area contributed by atoms with Crippen molar-refractivity contribution in [2.75, 3.05) is 33.2 Å². The number of carboxylic acid groups (broad SMARTS) is 1. The topological polar surface area (TPSA) is 72.9 Å². The molecule has 2 rings (SSSR count). The number of amides is 2. The van der Waals surface area contributed by atoms with Crippen LogP contribution in [0.15, 0.2) is 24.3 Å². The molecular formula is C17H24ClN3O3. The maximum atomic E-state index is 11.4. The van der Waals surface area contributed by atoms with Crippen molar-refractivity contribution in [2.24, 2.45) is 5.92 Å². The molecule has 1 aliphatic rings. The van der Waals surface area contributed by atoms with Crippen molar-refractivity contribution in [2.45, 2.75) is 19.4 Å². The van der Waals surface area contributed by atoms with E-state index >= 15 is 0 Å². The summed E-state index contributed by atoms with van der Waals surface area (Å²) in [5, 5.41) is 12.5. The number of carbonyl (C=O) groups is 2. The van der Waals surface area contributed by atoms with Crippen LogP contribution in [-0.4, -0.2) is 60.1 Å². The molecule has 1 heterocycles. The fraction of sp³-hybridized carbons (Fsp3) is 0.529. The Morgan fingerprint density at radius 2 is 2.00 bits per heavy atom. The Balaban J connectivity index is 1.82. The van der Waals surface area contributed by atoms with Gasteiger partial charge < -0.3 is 10.4 Å². The second-order valence-corrected chi connectivity index (χ2v) is 6.55. The molecule has 132 valence electrons. The lowest BCUT2D eigenvalue weighted by molar-refractivity contribution is -0.121. The predicted molar refractivity (Wildman–Crippen MR) is 93.1 cm³/mol. The van der Waals surface area contributed by atoms with E-state index in [0.717, 1.165) is 43.1 Å². The number of likely N-dealkylation sites (N-methyl/N-ethyl adjacent to an activating group) is 1. The first-order valence-electron chi connectivity index (χ1n) is 8.13. The zero-order valence-electron chi connectivity index (χ0n) is 13.9. The van der Waals surface area contributed by atoms with Crippen molar-refractivity contribution >= 4 is 23.6 Å². The van der Waals surface area contributed by atoms with Crippen LogP contribution < -0.4 is 5.32 Å². The second-order valence-electron chi connectivity index (χ2n) is 6.15. The Labute approximate surface area is 147 Å². The van der Waals surface area contributed by atoms with Crippen molar-refractivity contribution in [1.29, 1.82) is 0 Å². The van der Waals surface area contributed by atoms with Gasteiger partial charge >= 0.3 is 6.09 Å². The largest absolute Gasteiger partial charge is 0.465 e. The van der Waals surface area contributed by atoms with Crippen molar-refractivity contribution in [3.05, 3.63) is 34.9 Å². The Morgan fingerprint density at radius 1 is 1.33 bits per heavy atom. The normalized spacial score (nSPS) is 15.9. The molecule has 1 saturated heterocycles. The van der Waals surface area contributed by atoms with Crippen LogP contribution >= 0.6 is 11.6 Å². The number of carbonyl (C=O) groups excluding carboxylic acids is 1. The maximum Gasteiger partial charge on any atom is 0.407 e. The first kappa shape index (κ1) is 18.5. The molecule has 1 fully saturated rings. The predicted octanol–water partition coefficient (Wildman–Crippen LogP) is 2.28. The highest BCUT2D eigenvalue weighted by molar-refractivity contribution is 6.31. The summed E-state index contributed by atoms with van der Waals surface area (Å²) in [5.41, 5.74) is 1.12. The monoisotopic (exact) mass is 353 g/mol. The number of hydrogen-bond acceptors (Lipinski definition) is 3. The van der Waals surface area contributed by atoms with Gasteiger partial charge in [0.05, 0.1) is 0 Å². The first-order chi connectivity index (χ1) is 11.5. The third kappa shape index (κ3) is 5.39. The molecule has 0 bridgehead atoms. The highest BCUT2D eigenvalue weighted by Gasteiger charge is 2.24. The summed E-state index contributed by atoms with van der Waals surface area (Å²) >= 11 is 6.20. The van der Waals surface area contributed by atoms with Crippen LogP contribution in [-0.2, 0) is 11.3 Å². The first-order valence-corrected chi connectivity index (χ1v) is 8.51. The van der Waals surface area contributed by atoms with Gasteiger partial charge in [-0.3, -0.25) is 14.6 Å². The number of benzene rings is 1. The van der Waals surface area contributed by atoms with E-state index in [2.05, 4.69) is 10.2 Å². The van der Waals surface area contributed by atoms with E-state index in [0.29, 0.717) is 6.54 Å². The average molecular weight is 354 g/mol. The van der Waals surface area contributed by atoms with E-state index in [1.165, 1.54) is 11.9 Å². The van der Waals surface area contributed by atoms with E-state index in [9.17, 15) is 14.7 Å². The molecule has 24 heavy (non-hydrogen) atoms. The lowest BCUT2D eigenvalue weighted by atomic mass is 9.96. The van der Waals surface area contributed by atoms with Gasteiger partial charge in [-0.2, -0.15) is 0 Å². The molecule has 2 N–H and O–H groups in total. The van der Waals surface area contributed by atoms with Gasteiger partial charge in [-0.1, -0.05) is 29.8 Å². The summed E-state index contributed by atoms with van der Waals surface area (Å²) in [4.78, 5) is 26.2. The quantitative estimate of drug-likeness (QED) is 0.823. The number of nitrogens with zero attached hydrogens (tertiary/aromatic N) is 2.